The van der Waals surface area contributed by atoms with Gasteiger partial charge in [-0.1, -0.05) is 27.7 Å². The number of nitrogens with one attached hydrogen (secondary N) is 4. The van der Waals surface area contributed by atoms with Crippen LogP contribution in [0.3, 0.4) is 0 Å². The molecule has 44 heavy (non-hydrogen) atoms. The molecule has 0 aliphatic heterocycles. The number of carbonyl (C=O) groups excluding carboxylic acids is 6. The summed E-state index contributed by atoms with van der Waals surface area (Å²) in [4.78, 5) is 76.1. The van der Waals surface area contributed by atoms with Crippen molar-refractivity contribution in [3.8, 4) is 0 Å². The van der Waals surface area contributed by atoms with Gasteiger partial charge in [0.15, 0.2) is 11.6 Å². The zero-order valence-corrected chi connectivity index (χ0v) is 25.6. The van der Waals surface area contributed by atoms with Gasteiger partial charge in [-0.2, -0.15) is 0 Å². The van der Waals surface area contributed by atoms with Crippen molar-refractivity contribution in [1.82, 2.24) is 21.3 Å². The Hall–Kier alpha value is -4.42. The minimum Gasteiger partial charge on any atom is -0.353 e. The van der Waals surface area contributed by atoms with E-state index >= 15 is 0 Å². The van der Waals surface area contributed by atoms with E-state index in [1.165, 1.54) is 36.4 Å². The second kappa shape index (κ2) is 15.3. The van der Waals surface area contributed by atoms with Gasteiger partial charge in [-0.15, -0.1) is 0 Å². The number of hydrogen-bond donors (Lipinski definition) is 6. The number of ketones is 2. The molecule has 4 amide bonds. The summed E-state index contributed by atoms with van der Waals surface area (Å²) in [6.07, 6.45) is 1.10. The van der Waals surface area contributed by atoms with Gasteiger partial charge in [0.1, 0.15) is 0 Å². The summed E-state index contributed by atoms with van der Waals surface area (Å²) in [5.74, 6) is -1.86. The van der Waals surface area contributed by atoms with Gasteiger partial charge in [0.2, 0.25) is 11.8 Å². The zero-order chi connectivity index (χ0) is 32.6. The van der Waals surface area contributed by atoms with Gasteiger partial charge in [0.25, 0.3) is 11.8 Å². The van der Waals surface area contributed by atoms with Crippen LogP contribution in [0.4, 0.5) is 0 Å². The van der Waals surface area contributed by atoms with Crippen molar-refractivity contribution in [2.45, 2.75) is 52.6 Å². The molecule has 0 fully saturated rings. The van der Waals surface area contributed by atoms with Crippen LogP contribution in [0.25, 0.3) is 0 Å². The molecule has 0 radical (unpaired) electrons. The molecule has 2 aromatic rings. The van der Waals surface area contributed by atoms with Gasteiger partial charge in [-0.3, -0.25) is 28.8 Å². The van der Waals surface area contributed by atoms with Crippen LogP contribution >= 0.6 is 0 Å². The lowest BCUT2D eigenvalue weighted by Gasteiger charge is -2.19. The number of rotatable bonds is 14. The van der Waals surface area contributed by atoms with Crippen molar-refractivity contribution in [1.29, 1.82) is 0 Å². The van der Waals surface area contributed by atoms with Crippen molar-refractivity contribution in [3.05, 3.63) is 69.8 Å². The molecule has 1 aliphatic rings. The molecule has 0 spiro atoms. The van der Waals surface area contributed by atoms with Crippen LogP contribution in [0.1, 0.15) is 93.1 Å². The third-order valence-corrected chi connectivity index (χ3v) is 7.09. The number of amides is 4. The Morgan fingerprint density at radius 1 is 0.568 bits per heavy atom. The predicted molar refractivity (Wildman–Crippen MR) is 165 cm³/mol. The van der Waals surface area contributed by atoms with Crippen molar-refractivity contribution < 1.29 is 28.8 Å². The highest BCUT2D eigenvalue weighted by atomic mass is 16.2. The van der Waals surface area contributed by atoms with E-state index in [9.17, 15) is 28.8 Å². The molecule has 2 aromatic carbocycles. The molecule has 0 saturated carbocycles. The van der Waals surface area contributed by atoms with Crippen molar-refractivity contribution in [2.24, 2.45) is 23.3 Å². The van der Waals surface area contributed by atoms with Crippen molar-refractivity contribution in [3.63, 3.8) is 0 Å². The minimum absolute atomic E-state index is 0.0896. The van der Waals surface area contributed by atoms with Crippen LogP contribution in [0, 0.1) is 11.8 Å². The van der Waals surface area contributed by atoms with Crippen LogP contribution in [0.2, 0.25) is 0 Å². The molecular formula is C32H42N6O6. The lowest BCUT2D eigenvalue weighted by Crippen LogP contribution is -2.44. The molecule has 0 saturated heterocycles. The number of hydrogen-bond acceptors (Lipinski definition) is 8. The summed E-state index contributed by atoms with van der Waals surface area (Å²) < 4.78 is 0. The predicted octanol–water partition coefficient (Wildman–Crippen LogP) is 0.901. The fourth-order valence-electron chi connectivity index (χ4n) is 4.85. The Bertz CT molecular complexity index is 1330. The Kier molecular flexibility index (Phi) is 11.9. The summed E-state index contributed by atoms with van der Waals surface area (Å²) in [5.41, 5.74) is 12.5. The molecule has 0 unspecified atom stereocenters. The average Bonchev–Trinajstić information content (AvgIpc) is 2.98. The van der Waals surface area contributed by atoms with Gasteiger partial charge < -0.3 is 32.7 Å². The standard InChI is InChI=1S/C32H42N6O6/c1-17(2)13-25(33)31(43)37-11-9-35-29(41)19-5-7-21-23(15-19)27(39)22-8-6-20(16-24(22)28(21)40)30(42)36-10-12-38-32(44)26(34)14-18(3)4/h5-8,15-18,25-26H,9-14,33-34H2,1-4H3,(H,35,41)(H,36,42)(H,37,43)(H,38,44)/t25-,26-/m0/s1. The number of fused-ring (bicyclic) bond motifs is 2. The van der Waals surface area contributed by atoms with Crippen LogP contribution in [0.15, 0.2) is 36.4 Å². The first-order valence-electron chi connectivity index (χ1n) is 14.8. The number of nitrogens with two attached hydrogens (primary N) is 2. The number of benzene rings is 2. The second-order valence-corrected chi connectivity index (χ2v) is 11.7. The molecule has 12 nitrogen and oxygen atoms in total. The van der Waals surface area contributed by atoms with E-state index in [0.717, 1.165) is 0 Å². The molecule has 0 aromatic heterocycles. The minimum atomic E-state index is -0.623. The molecular weight excluding hydrogens is 564 g/mol. The maximum absolute atomic E-state index is 13.3. The summed E-state index contributed by atoms with van der Waals surface area (Å²) in [7, 11) is 0. The Morgan fingerprint density at radius 3 is 1.25 bits per heavy atom. The average molecular weight is 607 g/mol. The fourth-order valence-corrected chi connectivity index (χ4v) is 4.85. The van der Waals surface area contributed by atoms with Crippen LogP contribution in [-0.4, -0.2) is 73.5 Å². The molecule has 3 rings (SSSR count). The molecule has 12 heteroatoms. The lowest BCUT2D eigenvalue weighted by molar-refractivity contribution is -0.123. The normalized spacial score (nSPS) is 13.5. The van der Waals surface area contributed by atoms with E-state index in [4.69, 9.17) is 11.5 Å². The second-order valence-electron chi connectivity index (χ2n) is 11.7. The van der Waals surface area contributed by atoms with E-state index in [1.807, 2.05) is 27.7 Å². The van der Waals surface area contributed by atoms with Gasteiger partial charge in [0, 0.05) is 59.6 Å². The zero-order valence-electron chi connectivity index (χ0n) is 25.6. The highest BCUT2D eigenvalue weighted by Crippen LogP contribution is 2.29. The van der Waals surface area contributed by atoms with Crippen LogP contribution in [0.5, 0.6) is 0 Å². The van der Waals surface area contributed by atoms with Crippen LogP contribution in [-0.2, 0) is 9.59 Å². The van der Waals surface area contributed by atoms with E-state index in [0.29, 0.717) is 12.8 Å². The van der Waals surface area contributed by atoms with Gasteiger partial charge in [-0.05, 0) is 61.1 Å². The topological polar surface area (TPSA) is 203 Å². The van der Waals surface area contributed by atoms with E-state index in [-0.39, 0.29) is 83.2 Å². The monoisotopic (exact) mass is 606 g/mol. The molecule has 8 N–H and O–H groups in total. The first kappa shape index (κ1) is 34.1. The van der Waals surface area contributed by atoms with E-state index in [2.05, 4.69) is 21.3 Å². The van der Waals surface area contributed by atoms with Crippen molar-refractivity contribution >= 4 is 35.2 Å². The van der Waals surface area contributed by atoms with Gasteiger partial charge >= 0.3 is 0 Å². The molecule has 236 valence electrons. The molecule has 1 aliphatic carbocycles. The summed E-state index contributed by atoms with van der Waals surface area (Å²) >= 11 is 0. The largest absolute Gasteiger partial charge is 0.353 e. The number of carbonyl (C=O) groups is 6. The Balaban J connectivity index is 1.58. The van der Waals surface area contributed by atoms with E-state index in [1.54, 1.807) is 0 Å². The molecule has 2 atom stereocenters. The van der Waals surface area contributed by atoms with Crippen LogP contribution < -0.4 is 32.7 Å². The molecule has 0 heterocycles. The summed E-state index contributed by atoms with van der Waals surface area (Å²) in [5, 5.41) is 10.7. The smallest absolute Gasteiger partial charge is 0.251 e. The Labute approximate surface area is 257 Å². The fraction of sp³-hybridized carbons (Fsp3) is 0.438. The highest BCUT2D eigenvalue weighted by molar-refractivity contribution is 6.29. The van der Waals surface area contributed by atoms with Crippen molar-refractivity contribution in [2.75, 3.05) is 26.2 Å². The van der Waals surface area contributed by atoms with E-state index < -0.39 is 35.5 Å². The third kappa shape index (κ3) is 8.80. The first-order valence-corrected chi connectivity index (χ1v) is 14.8. The maximum Gasteiger partial charge on any atom is 0.251 e. The molecule has 0 bridgehead atoms. The SMILES string of the molecule is CC(C)C[C@H](N)C(=O)NCCNC(=O)c1ccc2c(c1)C(=O)c1ccc(C(=O)NCCNC(=O)[C@@H](N)CC(C)C)cc1C2=O. The maximum atomic E-state index is 13.3. The first-order chi connectivity index (χ1) is 20.8. The summed E-state index contributed by atoms with van der Waals surface area (Å²) in [6, 6.07) is 7.21. The van der Waals surface area contributed by atoms with Gasteiger partial charge in [-0.25, -0.2) is 0 Å². The Morgan fingerprint density at radius 2 is 0.909 bits per heavy atom. The third-order valence-electron chi connectivity index (χ3n) is 7.09. The lowest BCUT2D eigenvalue weighted by atomic mass is 9.82. The highest BCUT2D eigenvalue weighted by Gasteiger charge is 2.31. The summed E-state index contributed by atoms with van der Waals surface area (Å²) in [6.45, 7) is 8.55. The van der Waals surface area contributed by atoms with Gasteiger partial charge in [0.05, 0.1) is 12.1 Å². The quantitative estimate of drug-likeness (QED) is 0.145.